The van der Waals surface area contributed by atoms with Crippen molar-refractivity contribution < 1.29 is 0 Å². The third-order valence-electron chi connectivity index (χ3n) is 1.98. The number of H-pyrrole nitrogens is 1. The summed E-state index contributed by atoms with van der Waals surface area (Å²) in [5.74, 6) is 0. The normalized spacial score (nSPS) is 16.5. The average Bonchev–Trinajstić information content (AvgIpc) is 2.58. The van der Waals surface area contributed by atoms with Gasteiger partial charge in [-0.25, -0.2) is 0 Å². The van der Waals surface area contributed by atoms with Crippen LogP contribution in [0.5, 0.6) is 0 Å². The summed E-state index contributed by atoms with van der Waals surface area (Å²) >= 11 is 0. The van der Waals surface area contributed by atoms with Crippen LogP contribution in [0.3, 0.4) is 0 Å². The SMILES string of the molecule is C1=CCCC(c2cc[nH]c2)=C1. The summed E-state index contributed by atoms with van der Waals surface area (Å²) in [7, 11) is 0. The first-order valence-electron chi connectivity index (χ1n) is 3.96. The molecule has 0 aliphatic heterocycles. The van der Waals surface area contributed by atoms with Crippen LogP contribution in [0, 0.1) is 0 Å². The molecule has 1 heterocycles. The Morgan fingerprint density at radius 1 is 1.36 bits per heavy atom. The molecule has 0 fully saturated rings. The second-order valence-electron chi connectivity index (χ2n) is 2.76. The fourth-order valence-electron chi connectivity index (χ4n) is 1.37. The zero-order valence-electron chi connectivity index (χ0n) is 6.38. The molecular weight excluding hydrogens is 134 g/mol. The Kier molecular flexibility index (Phi) is 1.64. The number of hydrogen-bond donors (Lipinski definition) is 1. The Hall–Kier alpha value is -1.24. The maximum atomic E-state index is 3.06. The summed E-state index contributed by atoms with van der Waals surface area (Å²) in [4.78, 5) is 3.06. The van der Waals surface area contributed by atoms with Gasteiger partial charge >= 0.3 is 0 Å². The first-order chi connectivity index (χ1) is 5.47. The Morgan fingerprint density at radius 2 is 2.36 bits per heavy atom. The van der Waals surface area contributed by atoms with Crippen LogP contribution < -0.4 is 0 Å². The minimum atomic E-state index is 1.17. The van der Waals surface area contributed by atoms with Gasteiger partial charge in [0.25, 0.3) is 0 Å². The van der Waals surface area contributed by atoms with Crippen molar-refractivity contribution in [1.29, 1.82) is 0 Å². The van der Waals surface area contributed by atoms with Crippen LogP contribution in [-0.4, -0.2) is 4.98 Å². The summed E-state index contributed by atoms with van der Waals surface area (Å²) in [6, 6.07) is 2.12. The highest BCUT2D eigenvalue weighted by Gasteiger charge is 2.01. The Morgan fingerprint density at radius 3 is 3.00 bits per heavy atom. The molecule has 1 aliphatic carbocycles. The van der Waals surface area contributed by atoms with Crippen LogP contribution in [0.4, 0.5) is 0 Å². The molecule has 0 saturated heterocycles. The monoisotopic (exact) mass is 145 g/mol. The van der Waals surface area contributed by atoms with Crippen molar-refractivity contribution in [1.82, 2.24) is 4.98 Å². The first-order valence-corrected chi connectivity index (χ1v) is 3.96. The number of aromatic amines is 1. The standard InChI is InChI=1S/C10H11N/c1-2-4-9(5-3-1)10-6-7-11-8-10/h1-2,4,6-8,11H,3,5H2. The van der Waals surface area contributed by atoms with E-state index < -0.39 is 0 Å². The molecule has 0 atom stereocenters. The topological polar surface area (TPSA) is 15.8 Å². The van der Waals surface area contributed by atoms with E-state index in [0.29, 0.717) is 0 Å². The summed E-state index contributed by atoms with van der Waals surface area (Å²) < 4.78 is 0. The molecule has 1 aliphatic rings. The van der Waals surface area contributed by atoms with Gasteiger partial charge in [0.15, 0.2) is 0 Å². The molecule has 0 amide bonds. The number of allylic oxidation sites excluding steroid dienone is 4. The molecule has 0 radical (unpaired) electrons. The molecule has 2 rings (SSSR count). The van der Waals surface area contributed by atoms with Crippen molar-refractivity contribution in [2.24, 2.45) is 0 Å². The molecule has 0 spiro atoms. The maximum absolute atomic E-state index is 3.06. The lowest BCUT2D eigenvalue weighted by Gasteiger charge is -2.05. The van der Waals surface area contributed by atoms with E-state index in [1.54, 1.807) is 0 Å². The number of hydrogen-bond acceptors (Lipinski definition) is 0. The van der Waals surface area contributed by atoms with Gasteiger partial charge in [-0.2, -0.15) is 0 Å². The molecule has 0 saturated carbocycles. The van der Waals surface area contributed by atoms with Crippen LogP contribution >= 0.6 is 0 Å². The van der Waals surface area contributed by atoms with Crippen LogP contribution in [-0.2, 0) is 0 Å². The van der Waals surface area contributed by atoms with Gasteiger partial charge in [0.1, 0.15) is 0 Å². The van der Waals surface area contributed by atoms with Crippen molar-refractivity contribution >= 4 is 5.57 Å². The predicted octanol–water partition coefficient (Wildman–Crippen LogP) is 2.75. The minimum Gasteiger partial charge on any atom is -0.367 e. The van der Waals surface area contributed by atoms with Gasteiger partial charge in [-0.3, -0.25) is 0 Å². The van der Waals surface area contributed by atoms with Crippen molar-refractivity contribution in [2.75, 3.05) is 0 Å². The summed E-state index contributed by atoms with van der Waals surface area (Å²) in [5.41, 5.74) is 2.77. The maximum Gasteiger partial charge on any atom is 0.00808 e. The zero-order valence-corrected chi connectivity index (χ0v) is 6.38. The van der Waals surface area contributed by atoms with E-state index >= 15 is 0 Å². The number of nitrogens with one attached hydrogen (secondary N) is 1. The average molecular weight is 145 g/mol. The smallest absolute Gasteiger partial charge is 0.00808 e. The fourth-order valence-corrected chi connectivity index (χ4v) is 1.37. The predicted molar refractivity (Wildman–Crippen MR) is 47.1 cm³/mol. The van der Waals surface area contributed by atoms with E-state index in [2.05, 4.69) is 29.3 Å². The van der Waals surface area contributed by atoms with E-state index in [-0.39, 0.29) is 0 Å². The van der Waals surface area contributed by atoms with E-state index in [1.807, 2.05) is 12.4 Å². The van der Waals surface area contributed by atoms with Gasteiger partial charge in [-0.1, -0.05) is 18.2 Å². The van der Waals surface area contributed by atoms with Crippen LogP contribution in [0.2, 0.25) is 0 Å². The minimum absolute atomic E-state index is 1.17. The lowest BCUT2D eigenvalue weighted by atomic mass is 10.0. The van der Waals surface area contributed by atoms with E-state index in [1.165, 1.54) is 24.0 Å². The van der Waals surface area contributed by atoms with Crippen LogP contribution in [0.25, 0.3) is 5.57 Å². The molecule has 0 bridgehead atoms. The van der Waals surface area contributed by atoms with Gasteiger partial charge < -0.3 is 4.98 Å². The lowest BCUT2D eigenvalue weighted by molar-refractivity contribution is 1.05. The van der Waals surface area contributed by atoms with Gasteiger partial charge in [0, 0.05) is 12.4 Å². The third kappa shape index (κ3) is 1.27. The zero-order chi connectivity index (χ0) is 7.52. The van der Waals surface area contributed by atoms with E-state index in [4.69, 9.17) is 0 Å². The van der Waals surface area contributed by atoms with Crippen molar-refractivity contribution in [3.05, 3.63) is 42.3 Å². The molecule has 56 valence electrons. The molecule has 11 heavy (non-hydrogen) atoms. The highest BCUT2D eigenvalue weighted by atomic mass is 14.6. The van der Waals surface area contributed by atoms with Gasteiger partial charge in [0.05, 0.1) is 0 Å². The molecular formula is C10H11N. The molecule has 1 aromatic heterocycles. The lowest BCUT2D eigenvalue weighted by Crippen LogP contribution is -1.84. The van der Waals surface area contributed by atoms with Crippen LogP contribution in [0.15, 0.2) is 36.7 Å². The van der Waals surface area contributed by atoms with Crippen molar-refractivity contribution in [3.63, 3.8) is 0 Å². The van der Waals surface area contributed by atoms with Crippen molar-refractivity contribution in [2.45, 2.75) is 12.8 Å². The molecule has 0 aromatic carbocycles. The summed E-state index contributed by atoms with van der Waals surface area (Å²) in [5, 5.41) is 0. The van der Waals surface area contributed by atoms with Gasteiger partial charge in [0.2, 0.25) is 0 Å². The molecule has 0 unspecified atom stereocenters. The first kappa shape index (κ1) is 6.47. The van der Waals surface area contributed by atoms with Gasteiger partial charge in [-0.05, 0) is 30.0 Å². The van der Waals surface area contributed by atoms with Crippen molar-refractivity contribution in [3.8, 4) is 0 Å². The van der Waals surface area contributed by atoms with Crippen LogP contribution in [0.1, 0.15) is 18.4 Å². The fraction of sp³-hybridized carbons (Fsp3) is 0.200. The highest BCUT2D eigenvalue weighted by Crippen LogP contribution is 2.22. The second kappa shape index (κ2) is 2.79. The molecule has 1 nitrogen and oxygen atoms in total. The van der Waals surface area contributed by atoms with Gasteiger partial charge in [-0.15, -0.1) is 0 Å². The molecule has 1 aromatic rings. The summed E-state index contributed by atoms with van der Waals surface area (Å²) in [6.45, 7) is 0. The van der Waals surface area contributed by atoms with E-state index in [0.717, 1.165) is 0 Å². The number of rotatable bonds is 1. The Labute approximate surface area is 66.4 Å². The number of aromatic nitrogens is 1. The highest BCUT2D eigenvalue weighted by molar-refractivity contribution is 5.67. The third-order valence-corrected chi connectivity index (χ3v) is 1.98. The molecule has 1 N–H and O–H groups in total. The Bertz CT molecular complexity index is 278. The summed E-state index contributed by atoms with van der Waals surface area (Å²) in [6.07, 6.45) is 12.9. The van der Waals surface area contributed by atoms with E-state index in [9.17, 15) is 0 Å². The second-order valence-corrected chi connectivity index (χ2v) is 2.76. The molecule has 1 heteroatoms. The quantitative estimate of drug-likeness (QED) is 0.625. The Balaban J connectivity index is 2.29. The largest absolute Gasteiger partial charge is 0.367 e.